The molecule has 1 aromatic carbocycles. The Hall–Kier alpha value is -1.78. The van der Waals surface area contributed by atoms with E-state index in [2.05, 4.69) is 0 Å². The first kappa shape index (κ1) is 15.6. The Bertz CT molecular complexity index is 545. The van der Waals surface area contributed by atoms with E-state index >= 15 is 0 Å². The van der Waals surface area contributed by atoms with Crippen LogP contribution in [0.2, 0.25) is 0 Å². The van der Waals surface area contributed by atoms with E-state index in [1.54, 1.807) is 4.90 Å². The molecule has 1 aromatic rings. The van der Waals surface area contributed by atoms with Crippen LogP contribution in [0.15, 0.2) is 18.2 Å². The number of benzene rings is 1. The predicted octanol–water partition coefficient (Wildman–Crippen LogP) is 3.33. The Morgan fingerprint density at radius 3 is 2.67 bits per heavy atom. The Labute approximate surface area is 122 Å². The third-order valence-corrected chi connectivity index (χ3v) is 3.82. The molecule has 1 saturated heterocycles. The predicted molar refractivity (Wildman–Crippen MR) is 74.9 cm³/mol. The lowest BCUT2D eigenvalue weighted by Gasteiger charge is -2.29. The summed E-state index contributed by atoms with van der Waals surface area (Å²) in [5, 5.41) is 0. The molecule has 1 fully saturated rings. The maximum atomic E-state index is 13.8. The minimum absolute atomic E-state index is 0.0132. The third-order valence-electron chi connectivity index (χ3n) is 3.82. The standard InChI is InChI=1S/C16H19F2NO2/c1-11(20)9-13-5-3-2-4-8-19(13)16(21)14-7-6-12(17)10-15(14)18/h6-7,10,13H,2-5,8-9H2,1H3. The largest absolute Gasteiger partial charge is 0.335 e. The highest BCUT2D eigenvalue weighted by Crippen LogP contribution is 2.23. The van der Waals surface area contributed by atoms with Gasteiger partial charge in [-0.3, -0.25) is 9.59 Å². The highest BCUT2D eigenvalue weighted by molar-refractivity contribution is 5.95. The molecular weight excluding hydrogens is 276 g/mol. The van der Waals surface area contributed by atoms with E-state index in [4.69, 9.17) is 0 Å². The molecule has 1 amide bonds. The quantitative estimate of drug-likeness (QED) is 0.857. The van der Waals surface area contributed by atoms with Crippen molar-refractivity contribution in [2.75, 3.05) is 6.54 Å². The zero-order valence-corrected chi connectivity index (χ0v) is 12.1. The van der Waals surface area contributed by atoms with Gasteiger partial charge in [0.15, 0.2) is 0 Å². The van der Waals surface area contributed by atoms with Gasteiger partial charge in [-0.2, -0.15) is 0 Å². The molecule has 0 spiro atoms. The highest BCUT2D eigenvalue weighted by atomic mass is 19.1. The molecular formula is C16H19F2NO2. The van der Waals surface area contributed by atoms with Gasteiger partial charge in [-0.25, -0.2) is 8.78 Å². The first-order valence-corrected chi connectivity index (χ1v) is 7.24. The number of carbonyl (C=O) groups excluding carboxylic acids is 2. The molecule has 0 aliphatic carbocycles. The van der Waals surface area contributed by atoms with Crippen LogP contribution in [0.25, 0.3) is 0 Å². The number of halogens is 2. The number of carbonyl (C=O) groups is 2. The third kappa shape index (κ3) is 3.86. The van der Waals surface area contributed by atoms with Gasteiger partial charge in [0.05, 0.1) is 5.56 Å². The number of likely N-dealkylation sites (tertiary alicyclic amines) is 1. The highest BCUT2D eigenvalue weighted by Gasteiger charge is 2.28. The number of Topliss-reactive ketones (excluding diaryl/α,β-unsaturated/α-hetero) is 1. The minimum atomic E-state index is -0.856. The second kappa shape index (κ2) is 6.78. The molecule has 1 aliphatic rings. The van der Waals surface area contributed by atoms with E-state index in [1.807, 2.05) is 0 Å². The van der Waals surface area contributed by atoms with Crippen molar-refractivity contribution in [3.63, 3.8) is 0 Å². The molecule has 21 heavy (non-hydrogen) atoms. The fourth-order valence-corrected chi connectivity index (χ4v) is 2.81. The molecule has 0 saturated carbocycles. The summed E-state index contributed by atoms with van der Waals surface area (Å²) in [6.45, 7) is 2.00. The molecule has 0 bridgehead atoms. The van der Waals surface area contributed by atoms with Crippen LogP contribution in [0.1, 0.15) is 49.4 Å². The molecule has 0 radical (unpaired) electrons. The van der Waals surface area contributed by atoms with Crippen molar-refractivity contribution in [3.05, 3.63) is 35.4 Å². The minimum Gasteiger partial charge on any atom is -0.335 e. The molecule has 2 rings (SSSR count). The van der Waals surface area contributed by atoms with Gasteiger partial charge >= 0.3 is 0 Å². The van der Waals surface area contributed by atoms with Gasteiger partial charge < -0.3 is 4.90 Å². The second-order valence-corrected chi connectivity index (χ2v) is 5.53. The fraction of sp³-hybridized carbons (Fsp3) is 0.500. The van der Waals surface area contributed by atoms with Gasteiger partial charge in [-0.15, -0.1) is 0 Å². The summed E-state index contributed by atoms with van der Waals surface area (Å²) in [6, 6.07) is 2.77. The number of hydrogen-bond donors (Lipinski definition) is 0. The lowest BCUT2D eigenvalue weighted by Crippen LogP contribution is -2.41. The van der Waals surface area contributed by atoms with Crippen LogP contribution >= 0.6 is 0 Å². The van der Waals surface area contributed by atoms with Crippen molar-refractivity contribution in [2.24, 2.45) is 0 Å². The smallest absolute Gasteiger partial charge is 0.257 e. The summed E-state index contributed by atoms with van der Waals surface area (Å²) in [5.41, 5.74) is -0.133. The van der Waals surface area contributed by atoms with Crippen molar-refractivity contribution >= 4 is 11.7 Å². The van der Waals surface area contributed by atoms with Gasteiger partial charge in [0.25, 0.3) is 5.91 Å². The van der Waals surface area contributed by atoms with Crippen LogP contribution in [0.5, 0.6) is 0 Å². The molecule has 1 atom stereocenters. The summed E-state index contributed by atoms with van der Waals surface area (Å²) in [4.78, 5) is 25.5. The summed E-state index contributed by atoms with van der Waals surface area (Å²) in [7, 11) is 0. The van der Waals surface area contributed by atoms with Gasteiger partial charge in [0, 0.05) is 25.1 Å². The number of amides is 1. The number of ketones is 1. The number of hydrogen-bond acceptors (Lipinski definition) is 2. The fourth-order valence-electron chi connectivity index (χ4n) is 2.81. The van der Waals surface area contributed by atoms with E-state index in [0.717, 1.165) is 31.7 Å². The van der Waals surface area contributed by atoms with Crippen molar-refractivity contribution in [1.29, 1.82) is 0 Å². The van der Waals surface area contributed by atoms with Gasteiger partial charge in [-0.05, 0) is 31.9 Å². The summed E-state index contributed by atoms with van der Waals surface area (Å²) < 4.78 is 26.7. The number of nitrogens with zero attached hydrogens (tertiary/aromatic N) is 1. The maximum absolute atomic E-state index is 13.8. The van der Waals surface area contributed by atoms with Crippen LogP contribution in [0.3, 0.4) is 0 Å². The Morgan fingerprint density at radius 1 is 1.24 bits per heavy atom. The SMILES string of the molecule is CC(=O)CC1CCCCCN1C(=O)c1ccc(F)cc1F. The molecule has 1 heterocycles. The molecule has 0 aromatic heterocycles. The van der Waals surface area contributed by atoms with Crippen LogP contribution in [0, 0.1) is 11.6 Å². The van der Waals surface area contributed by atoms with E-state index in [1.165, 1.54) is 13.0 Å². The summed E-state index contributed by atoms with van der Waals surface area (Å²) in [6.07, 6.45) is 3.81. The van der Waals surface area contributed by atoms with Crippen LogP contribution < -0.4 is 0 Å². The summed E-state index contributed by atoms with van der Waals surface area (Å²) in [5.74, 6) is -2.01. The van der Waals surface area contributed by atoms with E-state index in [-0.39, 0.29) is 23.8 Å². The Kier molecular flexibility index (Phi) is 5.04. The number of rotatable bonds is 3. The first-order valence-electron chi connectivity index (χ1n) is 7.24. The van der Waals surface area contributed by atoms with E-state index in [0.29, 0.717) is 12.6 Å². The molecule has 3 nitrogen and oxygen atoms in total. The van der Waals surface area contributed by atoms with Gasteiger partial charge in [0.2, 0.25) is 0 Å². The normalized spacial score (nSPS) is 19.2. The average Bonchev–Trinajstić information content (AvgIpc) is 2.63. The van der Waals surface area contributed by atoms with Gasteiger partial charge in [0.1, 0.15) is 17.4 Å². The Balaban J connectivity index is 2.26. The van der Waals surface area contributed by atoms with Crippen molar-refractivity contribution in [1.82, 2.24) is 4.90 Å². The van der Waals surface area contributed by atoms with Crippen molar-refractivity contribution in [2.45, 2.75) is 45.1 Å². The zero-order chi connectivity index (χ0) is 15.4. The molecule has 5 heteroatoms. The first-order chi connectivity index (χ1) is 9.99. The van der Waals surface area contributed by atoms with Crippen LogP contribution in [-0.4, -0.2) is 29.2 Å². The lowest BCUT2D eigenvalue weighted by atomic mass is 10.0. The van der Waals surface area contributed by atoms with Crippen molar-refractivity contribution < 1.29 is 18.4 Å². The van der Waals surface area contributed by atoms with Gasteiger partial charge in [-0.1, -0.05) is 12.8 Å². The molecule has 1 unspecified atom stereocenters. The monoisotopic (exact) mass is 295 g/mol. The van der Waals surface area contributed by atoms with Crippen LogP contribution in [-0.2, 0) is 4.79 Å². The molecule has 1 aliphatic heterocycles. The second-order valence-electron chi connectivity index (χ2n) is 5.53. The van der Waals surface area contributed by atoms with E-state index < -0.39 is 17.5 Å². The molecule has 0 N–H and O–H groups in total. The average molecular weight is 295 g/mol. The Morgan fingerprint density at radius 2 is 2.00 bits per heavy atom. The van der Waals surface area contributed by atoms with Crippen molar-refractivity contribution in [3.8, 4) is 0 Å². The summed E-state index contributed by atoms with van der Waals surface area (Å²) >= 11 is 0. The lowest BCUT2D eigenvalue weighted by molar-refractivity contribution is -0.118. The van der Waals surface area contributed by atoms with E-state index in [9.17, 15) is 18.4 Å². The zero-order valence-electron chi connectivity index (χ0n) is 12.1. The topological polar surface area (TPSA) is 37.4 Å². The maximum Gasteiger partial charge on any atom is 0.257 e. The molecule has 114 valence electrons. The van der Waals surface area contributed by atoms with Crippen LogP contribution in [0.4, 0.5) is 8.78 Å².